The molecule has 0 bridgehead atoms. The third-order valence-electron chi connectivity index (χ3n) is 5.43. The fourth-order valence-electron chi connectivity index (χ4n) is 3.42. The molecule has 3 unspecified atom stereocenters. The summed E-state index contributed by atoms with van der Waals surface area (Å²) in [7, 11) is 0. The minimum absolute atomic E-state index is 0.195. The Labute approximate surface area is 174 Å². The molecule has 4 N–H and O–H groups in total. The molecule has 3 atom stereocenters. The number of carbonyl (C=O) groups is 3. The van der Waals surface area contributed by atoms with Crippen molar-refractivity contribution in [2.75, 3.05) is 0 Å². The number of fused-ring (bicyclic) bond motifs is 3. The van der Waals surface area contributed by atoms with Crippen LogP contribution in [-0.2, 0) is 9.59 Å². The SMILES string of the molecule is CCC(C)C(NC(=O)C(C)NC(=O)c1cc2c([nH]c3ccccc32)c(C)n1)C(=O)O. The molecule has 8 heteroatoms. The normalized spacial score (nSPS) is 14.3. The van der Waals surface area contributed by atoms with Gasteiger partial charge in [0.1, 0.15) is 17.8 Å². The second-order valence-corrected chi connectivity index (χ2v) is 7.59. The van der Waals surface area contributed by atoms with Crippen molar-refractivity contribution in [3.63, 3.8) is 0 Å². The van der Waals surface area contributed by atoms with Gasteiger partial charge in [0.15, 0.2) is 0 Å². The number of aromatic nitrogens is 2. The van der Waals surface area contributed by atoms with E-state index in [0.717, 1.165) is 21.8 Å². The van der Waals surface area contributed by atoms with E-state index < -0.39 is 29.9 Å². The number of nitrogens with zero attached hydrogens (tertiary/aromatic N) is 1. The fourth-order valence-corrected chi connectivity index (χ4v) is 3.42. The summed E-state index contributed by atoms with van der Waals surface area (Å²) in [4.78, 5) is 44.3. The van der Waals surface area contributed by atoms with Crippen LogP contribution < -0.4 is 10.6 Å². The number of carboxylic acids is 1. The number of para-hydroxylation sites is 1. The second kappa shape index (κ2) is 8.52. The molecule has 1 aromatic carbocycles. The van der Waals surface area contributed by atoms with E-state index in [2.05, 4.69) is 20.6 Å². The smallest absolute Gasteiger partial charge is 0.326 e. The zero-order valence-corrected chi connectivity index (χ0v) is 17.4. The Hall–Kier alpha value is -3.42. The zero-order valence-electron chi connectivity index (χ0n) is 17.4. The van der Waals surface area contributed by atoms with E-state index in [4.69, 9.17) is 0 Å². The first-order valence-corrected chi connectivity index (χ1v) is 9.95. The van der Waals surface area contributed by atoms with E-state index in [1.807, 2.05) is 38.1 Å². The van der Waals surface area contributed by atoms with Crippen molar-refractivity contribution in [3.8, 4) is 0 Å². The molecule has 3 rings (SSSR count). The summed E-state index contributed by atoms with van der Waals surface area (Å²) in [5, 5.41) is 16.3. The lowest BCUT2D eigenvalue weighted by atomic mass is 9.99. The van der Waals surface area contributed by atoms with Crippen LogP contribution in [0.3, 0.4) is 0 Å². The van der Waals surface area contributed by atoms with Crippen LogP contribution in [0.25, 0.3) is 21.8 Å². The summed E-state index contributed by atoms with van der Waals surface area (Å²) < 4.78 is 0. The van der Waals surface area contributed by atoms with Crippen molar-refractivity contribution in [1.29, 1.82) is 0 Å². The van der Waals surface area contributed by atoms with E-state index in [0.29, 0.717) is 12.1 Å². The summed E-state index contributed by atoms with van der Waals surface area (Å²) in [5.41, 5.74) is 2.68. The number of H-pyrrole nitrogens is 1. The maximum Gasteiger partial charge on any atom is 0.326 e. The molecule has 0 aliphatic rings. The second-order valence-electron chi connectivity index (χ2n) is 7.59. The Balaban J connectivity index is 1.79. The van der Waals surface area contributed by atoms with E-state index in [9.17, 15) is 19.5 Å². The molecular formula is C22H26N4O4. The number of nitrogens with one attached hydrogen (secondary N) is 3. The van der Waals surface area contributed by atoms with Gasteiger partial charge in [-0.15, -0.1) is 0 Å². The van der Waals surface area contributed by atoms with Gasteiger partial charge in [0, 0.05) is 16.3 Å². The molecule has 0 aliphatic carbocycles. The number of pyridine rings is 1. The molecule has 0 radical (unpaired) electrons. The number of hydrogen-bond acceptors (Lipinski definition) is 4. The van der Waals surface area contributed by atoms with Crippen molar-refractivity contribution in [3.05, 3.63) is 41.7 Å². The Bertz CT molecular complexity index is 1120. The number of benzene rings is 1. The first-order chi connectivity index (χ1) is 14.2. The lowest BCUT2D eigenvalue weighted by Crippen LogP contribution is -2.52. The molecule has 0 spiro atoms. The van der Waals surface area contributed by atoms with Gasteiger partial charge in [0.25, 0.3) is 5.91 Å². The summed E-state index contributed by atoms with van der Waals surface area (Å²) in [6.45, 7) is 6.94. The first-order valence-electron chi connectivity index (χ1n) is 9.95. The van der Waals surface area contributed by atoms with Crippen LogP contribution >= 0.6 is 0 Å². The van der Waals surface area contributed by atoms with Crippen LogP contribution in [0, 0.1) is 12.8 Å². The lowest BCUT2D eigenvalue weighted by molar-refractivity contribution is -0.143. The molecule has 0 fully saturated rings. The Morgan fingerprint density at radius 2 is 1.83 bits per heavy atom. The van der Waals surface area contributed by atoms with Crippen LogP contribution in [-0.4, -0.2) is 44.9 Å². The molecule has 0 aliphatic heterocycles. The minimum Gasteiger partial charge on any atom is -0.480 e. The summed E-state index contributed by atoms with van der Waals surface area (Å²) in [5.74, 6) is -2.38. The van der Waals surface area contributed by atoms with Crippen LogP contribution in [0.1, 0.15) is 43.4 Å². The largest absolute Gasteiger partial charge is 0.480 e. The number of rotatable bonds is 7. The van der Waals surface area contributed by atoms with Crippen LogP contribution in [0.4, 0.5) is 0 Å². The van der Waals surface area contributed by atoms with Crippen LogP contribution in [0.5, 0.6) is 0 Å². The molecule has 30 heavy (non-hydrogen) atoms. The quantitative estimate of drug-likeness (QED) is 0.477. The van der Waals surface area contributed by atoms with E-state index in [1.54, 1.807) is 13.0 Å². The van der Waals surface area contributed by atoms with E-state index >= 15 is 0 Å². The number of amides is 2. The molecule has 158 valence electrons. The van der Waals surface area contributed by atoms with Gasteiger partial charge in [-0.1, -0.05) is 38.5 Å². The first kappa shape index (κ1) is 21.3. The third kappa shape index (κ3) is 4.12. The molecule has 0 saturated carbocycles. The maximum absolute atomic E-state index is 12.7. The number of aromatic amines is 1. The topological polar surface area (TPSA) is 124 Å². The molecular weight excluding hydrogens is 384 g/mol. The predicted octanol–water partition coefficient (Wildman–Crippen LogP) is 2.76. The van der Waals surface area contributed by atoms with Gasteiger partial charge >= 0.3 is 5.97 Å². The Morgan fingerprint density at radius 1 is 1.13 bits per heavy atom. The van der Waals surface area contributed by atoms with Crippen molar-refractivity contribution in [2.24, 2.45) is 5.92 Å². The molecule has 2 aromatic heterocycles. The highest BCUT2D eigenvalue weighted by molar-refractivity contribution is 6.10. The van der Waals surface area contributed by atoms with Gasteiger partial charge < -0.3 is 20.7 Å². The van der Waals surface area contributed by atoms with Gasteiger partial charge in [-0.25, -0.2) is 9.78 Å². The van der Waals surface area contributed by atoms with Gasteiger partial charge in [-0.05, 0) is 31.9 Å². The van der Waals surface area contributed by atoms with E-state index in [-0.39, 0.29) is 11.6 Å². The van der Waals surface area contributed by atoms with Crippen molar-refractivity contribution < 1.29 is 19.5 Å². The number of hydrogen-bond donors (Lipinski definition) is 4. The summed E-state index contributed by atoms with van der Waals surface area (Å²) in [6, 6.07) is 7.55. The lowest BCUT2D eigenvalue weighted by Gasteiger charge is -2.22. The third-order valence-corrected chi connectivity index (χ3v) is 5.43. The number of carboxylic acid groups (broad SMARTS) is 1. The minimum atomic E-state index is -1.10. The average Bonchev–Trinajstić information content (AvgIpc) is 3.10. The predicted molar refractivity (Wildman–Crippen MR) is 114 cm³/mol. The van der Waals surface area contributed by atoms with Gasteiger partial charge in [0.2, 0.25) is 5.91 Å². The fraction of sp³-hybridized carbons (Fsp3) is 0.364. The van der Waals surface area contributed by atoms with Crippen LogP contribution in [0.2, 0.25) is 0 Å². The van der Waals surface area contributed by atoms with Crippen molar-refractivity contribution in [1.82, 2.24) is 20.6 Å². The molecule has 2 amide bonds. The highest BCUT2D eigenvalue weighted by Crippen LogP contribution is 2.27. The summed E-state index contributed by atoms with van der Waals surface area (Å²) >= 11 is 0. The monoisotopic (exact) mass is 410 g/mol. The number of carbonyl (C=O) groups excluding carboxylic acids is 2. The van der Waals surface area contributed by atoms with Gasteiger partial charge in [-0.3, -0.25) is 9.59 Å². The van der Waals surface area contributed by atoms with Crippen molar-refractivity contribution >= 4 is 39.6 Å². The van der Waals surface area contributed by atoms with Crippen LogP contribution in [0.15, 0.2) is 30.3 Å². The van der Waals surface area contributed by atoms with Crippen molar-refractivity contribution in [2.45, 2.75) is 46.2 Å². The molecule has 0 saturated heterocycles. The average molecular weight is 410 g/mol. The number of aliphatic carboxylic acids is 1. The molecule has 3 aromatic rings. The summed E-state index contributed by atoms with van der Waals surface area (Å²) in [6.07, 6.45) is 0.603. The zero-order chi connectivity index (χ0) is 22.0. The molecule has 2 heterocycles. The molecule has 8 nitrogen and oxygen atoms in total. The Morgan fingerprint density at radius 3 is 2.50 bits per heavy atom. The highest BCUT2D eigenvalue weighted by Gasteiger charge is 2.28. The Kier molecular flexibility index (Phi) is 6.05. The van der Waals surface area contributed by atoms with Gasteiger partial charge in [-0.2, -0.15) is 0 Å². The maximum atomic E-state index is 12.7. The van der Waals surface area contributed by atoms with Gasteiger partial charge in [0.05, 0.1) is 11.2 Å². The number of aryl methyl sites for hydroxylation is 1. The standard InChI is InChI=1S/C22H26N4O4/c1-5-11(2)18(22(29)30)26-20(27)13(4)24-21(28)17-10-15-14-8-6-7-9-16(14)25-19(15)12(3)23-17/h6-11,13,18,25H,5H2,1-4H3,(H,24,28)(H,26,27)(H,29,30). The van der Waals surface area contributed by atoms with E-state index in [1.165, 1.54) is 6.92 Å². The highest BCUT2D eigenvalue weighted by atomic mass is 16.4.